The van der Waals surface area contributed by atoms with E-state index in [1.165, 1.54) is 17.9 Å². The fraction of sp³-hybridized carbons (Fsp3) is 0.462. The molecule has 1 aliphatic rings. The number of aryl methyl sites for hydroxylation is 1. The van der Waals surface area contributed by atoms with E-state index in [0.29, 0.717) is 5.92 Å². The average molecular weight is 314 g/mol. The summed E-state index contributed by atoms with van der Waals surface area (Å²) >= 11 is 5.38. The SMILES string of the molecule is Cc1ccc(Br)cc1C(=O)NCC1CCSC1. The van der Waals surface area contributed by atoms with Crippen molar-refractivity contribution in [2.75, 3.05) is 18.1 Å². The summed E-state index contributed by atoms with van der Waals surface area (Å²) in [7, 11) is 0. The van der Waals surface area contributed by atoms with E-state index in [-0.39, 0.29) is 5.91 Å². The minimum Gasteiger partial charge on any atom is -0.352 e. The molecule has 0 bridgehead atoms. The fourth-order valence-corrected chi connectivity index (χ4v) is 3.56. The van der Waals surface area contributed by atoms with E-state index in [0.717, 1.165) is 22.1 Å². The molecule has 0 aliphatic carbocycles. The highest BCUT2D eigenvalue weighted by Crippen LogP contribution is 2.22. The minimum absolute atomic E-state index is 0.0423. The normalized spacial score (nSPS) is 19.3. The molecule has 1 fully saturated rings. The van der Waals surface area contributed by atoms with Crippen LogP contribution < -0.4 is 5.32 Å². The van der Waals surface area contributed by atoms with Crippen LogP contribution in [0.1, 0.15) is 22.3 Å². The molecule has 0 spiro atoms. The first-order valence-electron chi connectivity index (χ1n) is 5.79. The van der Waals surface area contributed by atoms with E-state index in [1.54, 1.807) is 0 Å². The number of amides is 1. The van der Waals surface area contributed by atoms with Gasteiger partial charge in [-0.15, -0.1) is 0 Å². The van der Waals surface area contributed by atoms with Crippen molar-refractivity contribution in [3.8, 4) is 0 Å². The molecule has 1 aromatic carbocycles. The second-order valence-electron chi connectivity index (χ2n) is 4.40. The Morgan fingerprint density at radius 2 is 2.41 bits per heavy atom. The highest BCUT2D eigenvalue weighted by Gasteiger charge is 2.17. The van der Waals surface area contributed by atoms with Gasteiger partial charge in [-0.2, -0.15) is 11.8 Å². The Hall–Kier alpha value is -0.480. The molecule has 1 aliphatic heterocycles. The molecule has 0 saturated carbocycles. The third-order valence-corrected chi connectivity index (χ3v) is 4.74. The molecule has 1 unspecified atom stereocenters. The zero-order chi connectivity index (χ0) is 12.3. The van der Waals surface area contributed by atoms with E-state index in [4.69, 9.17) is 0 Å². The second-order valence-corrected chi connectivity index (χ2v) is 6.46. The number of thioether (sulfide) groups is 1. The van der Waals surface area contributed by atoms with E-state index < -0.39 is 0 Å². The van der Waals surface area contributed by atoms with Gasteiger partial charge in [-0.3, -0.25) is 4.79 Å². The summed E-state index contributed by atoms with van der Waals surface area (Å²) in [6.07, 6.45) is 1.22. The number of benzene rings is 1. The number of halogens is 1. The molecule has 1 heterocycles. The van der Waals surface area contributed by atoms with Crippen molar-refractivity contribution in [2.24, 2.45) is 5.92 Å². The lowest BCUT2D eigenvalue weighted by atomic mass is 10.1. The van der Waals surface area contributed by atoms with Crippen LogP contribution in [0.5, 0.6) is 0 Å². The number of rotatable bonds is 3. The van der Waals surface area contributed by atoms with E-state index in [2.05, 4.69) is 21.2 Å². The van der Waals surface area contributed by atoms with Gasteiger partial charge in [-0.25, -0.2) is 0 Å². The zero-order valence-corrected chi connectivity index (χ0v) is 12.2. The third-order valence-electron chi connectivity index (χ3n) is 3.02. The quantitative estimate of drug-likeness (QED) is 0.928. The summed E-state index contributed by atoms with van der Waals surface area (Å²) in [5, 5.41) is 3.04. The van der Waals surface area contributed by atoms with Crippen molar-refractivity contribution >= 4 is 33.6 Å². The van der Waals surface area contributed by atoms with Crippen LogP contribution in [0.2, 0.25) is 0 Å². The molecule has 1 N–H and O–H groups in total. The maximum Gasteiger partial charge on any atom is 0.251 e. The maximum atomic E-state index is 12.0. The Balaban J connectivity index is 1.96. The highest BCUT2D eigenvalue weighted by atomic mass is 79.9. The first-order valence-corrected chi connectivity index (χ1v) is 7.73. The summed E-state index contributed by atoms with van der Waals surface area (Å²) in [4.78, 5) is 12.0. The number of carbonyl (C=O) groups excluding carboxylic acids is 1. The zero-order valence-electron chi connectivity index (χ0n) is 9.83. The van der Waals surface area contributed by atoms with Gasteiger partial charge in [0.15, 0.2) is 0 Å². The van der Waals surface area contributed by atoms with Gasteiger partial charge < -0.3 is 5.32 Å². The second kappa shape index (κ2) is 5.91. The standard InChI is InChI=1S/C13H16BrNOS/c1-9-2-3-11(14)6-12(9)13(16)15-7-10-4-5-17-8-10/h2-3,6,10H,4-5,7-8H2,1H3,(H,15,16). The van der Waals surface area contributed by atoms with Crippen LogP contribution in [0, 0.1) is 12.8 Å². The Morgan fingerprint density at radius 1 is 1.59 bits per heavy atom. The summed E-state index contributed by atoms with van der Waals surface area (Å²) < 4.78 is 0.949. The summed E-state index contributed by atoms with van der Waals surface area (Å²) in [5.74, 6) is 3.10. The first kappa shape index (κ1) is 13.0. The lowest BCUT2D eigenvalue weighted by molar-refractivity contribution is 0.0948. The van der Waals surface area contributed by atoms with Crippen molar-refractivity contribution in [1.29, 1.82) is 0 Å². The number of nitrogens with one attached hydrogen (secondary N) is 1. The summed E-state index contributed by atoms with van der Waals surface area (Å²) in [6.45, 7) is 2.77. The van der Waals surface area contributed by atoms with Crippen molar-refractivity contribution in [3.63, 3.8) is 0 Å². The van der Waals surface area contributed by atoms with Crippen LogP contribution in [0.25, 0.3) is 0 Å². The predicted octanol–water partition coefficient (Wildman–Crippen LogP) is 3.24. The monoisotopic (exact) mass is 313 g/mol. The number of hydrogen-bond acceptors (Lipinski definition) is 2. The molecule has 1 aromatic rings. The van der Waals surface area contributed by atoms with Crippen LogP contribution in [0.15, 0.2) is 22.7 Å². The van der Waals surface area contributed by atoms with Crippen LogP contribution in [-0.4, -0.2) is 24.0 Å². The van der Waals surface area contributed by atoms with Gasteiger partial charge in [0, 0.05) is 16.6 Å². The predicted molar refractivity (Wildman–Crippen MR) is 76.6 cm³/mol. The largest absolute Gasteiger partial charge is 0.352 e. The Morgan fingerprint density at radius 3 is 3.12 bits per heavy atom. The Kier molecular flexibility index (Phi) is 4.51. The van der Waals surface area contributed by atoms with Crippen LogP contribution in [0.4, 0.5) is 0 Å². The maximum absolute atomic E-state index is 12.0. The molecule has 0 radical (unpaired) electrons. The van der Waals surface area contributed by atoms with Gasteiger partial charge in [-0.1, -0.05) is 22.0 Å². The number of carbonyl (C=O) groups is 1. The molecule has 1 amide bonds. The molecule has 2 nitrogen and oxygen atoms in total. The van der Waals surface area contributed by atoms with Gasteiger partial charge in [-0.05, 0) is 48.5 Å². The fourth-order valence-electron chi connectivity index (χ4n) is 1.92. The molecule has 0 aromatic heterocycles. The molecule has 1 atom stereocenters. The molecular weight excluding hydrogens is 298 g/mol. The van der Waals surface area contributed by atoms with Crippen molar-refractivity contribution < 1.29 is 4.79 Å². The van der Waals surface area contributed by atoms with Gasteiger partial charge in [0.05, 0.1) is 0 Å². The highest BCUT2D eigenvalue weighted by molar-refractivity contribution is 9.10. The molecule has 1 saturated heterocycles. The average Bonchev–Trinajstić information content (AvgIpc) is 2.82. The Labute approximate surface area is 115 Å². The Bertz CT molecular complexity index is 416. The topological polar surface area (TPSA) is 29.1 Å². The van der Waals surface area contributed by atoms with Gasteiger partial charge in [0.1, 0.15) is 0 Å². The van der Waals surface area contributed by atoms with Crippen LogP contribution in [0.3, 0.4) is 0 Å². The van der Waals surface area contributed by atoms with Crippen LogP contribution >= 0.6 is 27.7 Å². The minimum atomic E-state index is 0.0423. The summed E-state index contributed by atoms with van der Waals surface area (Å²) in [5.41, 5.74) is 1.79. The lowest BCUT2D eigenvalue weighted by Gasteiger charge is -2.11. The smallest absolute Gasteiger partial charge is 0.251 e. The van der Waals surface area contributed by atoms with E-state index in [1.807, 2.05) is 36.9 Å². The molecular formula is C13H16BrNOS. The summed E-state index contributed by atoms with van der Waals surface area (Å²) in [6, 6.07) is 5.80. The number of hydrogen-bond donors (Lipinski definition) is 1. The van der Waals surface area contributed by atoms with E-state index >= 15 is 0 Å². The lowest BCUT2D eigenvalue weighted by Crippen LogP contribution is -2.29. The van der Waals surface area contributed by atoms with E-state index in [9.17, 15) is 4.79 Å². The van der Waals surface area contributed by atoms with Gasteiger partial charge >= 0.3 is 0 Å². The molecule has 92 valence electrons. The molecule has 17 heavy (non-hydrogen) atoms. The van der Waals surface area contributed by atoms with Crippen molar-refractivity contribution in [2.45, 2.75) is 13.3 Å². The van der Waals surface area contributed by atoms with Crippen molar-refractivity contribution in [3.05, 3.63) is 33.8 Å². The molecule has 4 heteroatoms. The van der Waals surface area contributed by atoms with Crippen LogP contribution in [-0.2, 0) is 0 Å². The first-order chi connectivity index (χ1) is 8.16. The van der Waals surface area contributed by atoms with Crippen molar-refractivity contribution in [1.82, 2.24) is 5.32 Å². The van der Waals surface area contributed by atoms with Gasteiger partial charge in [0.25, 0.3) is 5.91 Å². The van der Waals surface area contributed by atoms with Gasteiger partial charge in [0.2, 0.25) is 0 Å². The third kappa shape index (κ3) is 3.49. The molecule has 2 rings (SSSR count).